The SMILES string of the molecule is CN(C)C(=O)c1ccc(N2CCC(C)(C)C2)c(N)c1. The quantitative estimate of drug-likeness (QED) is 0.830. The van der Waals surface area contributed by atoms with Crippen LogP contribution in [0.15, 0.2) is 18.2 Å². The lowest BCUT2D eigenvalue weighted by Crippen LogP contribution is -2.24. The normalized spacial score (nSPS) is 17.6. The van der Waals surface area contributed by atoms with E-state index in [0.29, 0.717) is 16.7 Å². The minimum Gasteiger partial charge on any atom is -0.397 e. The van der Waals surface area contributed by atoms with E-state index >= 15 is 0 Å². The van der Waals surface area contributed by atoms with E-state index in [1.54, 1.807) is 25.1 Å². The fourth-order valence-corrected chi connectivity index (χ4v) is 2.55. The maximum atomic E-state index is 11.9. The van der Waals surface area contributed by atoms with Gasteiger partial charge in [0.2, 0.25) is 0 Å². The van der Waals surface area contributed by atoms with Crippen LogP contribution in [0.25, 0.3) is 0 Å². The molecule has 0 bridgehead atoms. The molecule has 2 rings (SSSR count). The topological polar surface area (TPSA) is 49.6 Å². The molecule has 0 radical (unpaired) electrons. The number of anilines is 2. The molecule has 104 valence electrons. The first-order valence-corrected chi connectivity index (χ1v) is 6.66. The number of carbonyl (C=O) groups is 1. The first-order valence-electron chi connectivity index (χ1n) is 6.66. The number of hydrogen-bond donors (Lipinski definition) is 1. The predicted molar refractivity (Wildman–Crippen MR) is 79.5 cm³/mol. The number of nitrogens with two attached hydrogens (primary N) is 1. The molecule has 1 saturated heterocycles. The van der Waals surface area contributed by atoms with E-state index in [4.69, 9.17) is 5.73 Å². The number of rotatable bonds is 2. The fourth-order valence-electron chi connectivity index (χ4n) is 2.55. The van der Waals surface area contributed by atoms with Crippen molar-refractivity contribution < 1.29 is 4.79 Å². The lowest BCUT2D eigenvalue weighted by Gasteiger charge is -2.23. The number of hydrogen-bond acceptors (Lipinski definition) is 3. The third-order valence-electron chi connectivity index (χ3n) is 3.70. The second kappa shape index (κ2) is 4.76. The zero-order valence-electron chi connectivity index (χ0n) is 12.2. The van der Waals surface area contributed by atoms with Gasteiger partial charge in [0.1, 0.15) is 0 Å². The zero-order valence-corrected chi connectivity index (χ0v) is 12.2. The number of amides is 1. The molecule has 4 nitrogen and oxygen atoms in total. The summed E-state index contributed by atoms with van der Waals surface area (Å²) in [5.74, 6) is -0.0139. The van der Waals surface area contributed by atoms with Gasteiger partial charge in [0.05, 0.1) is 11.4 Å². The van der Waals surface area contributed by atoms with Crippen molar-refractivity contribution in [1.29, 1.82) is 0 Å². The van der Waals surface area contributed by atoms with Crippen molar-refractivity contribution in [2.75, 3.05) is 37.8 Å². The van der Waals surface area contributed by atoms with Crippen LogP contribution < -0.4 is 10.6 Å². The Hall–Kier alpha value is -1.71. The highest BCUT2D eigenvalue weighted by molar-refractivity contribution is 5.95. The van der Waals surface area contributed by atoms with Crippen molar-refractivity contribution in [3.63, 3.8) is 0 Å². The standard InChI is InChI=1S/C15H23N3O/c1-15(2)7-8-18(10-15)13-6-5-11(9-12(13)16)14(19)17(3)4/h5-6,9H,7-8,10,16H2,1-4H3. The van der Waals surface area contributed by atoms with Gasteiger partial charge in [0, 0.05) is 32.7 Å². The highest BCUT2D eigenvalue weighted by Crippen LogP contribution is 2.35. The van der Waals surface area contributed by atoms with E-state index in [2.05, 4.69) is 18.7 Å². The Morgan fingerprint density at radius 3 is 2.53 bits per heavy atom. The second-order valence-corrected chi connectivity index (χ2v) is 6.31. The largest absolute Gasteiger partial charge is 0.397 e. The molecule has 1 aliphatic heterocycles. The maximum absolute atomic E-state index is 11.9. The summed E-state index contributed by atoms with van der Waals surface area (Å²) in [6, 6.07) is 5.61. The third kappa shape index (κ3) is 2.83. The number of nitrogens with zero attached hydrogens (tertiary/aromatic N) is 2. The molecule has 1 aromatic carbocycles. The van der Waals surface area contributed by atoms with E-state index in [1.807, 2.05) is 12.1 Å². The summed E-state index contributed by atoms with van der Waals surface area (Å²) in [5.41, 5.74) is 8.82. The molecule has 1 aromatic rings. The van der Waals surface area contributed by atoms with Gasteiger partial charge in [-0.15, -0.1) is 0 Å². The molecule has 19 heavy (non-hydrogen) atoms. The summed E-state index contributed by atoms with van der Waals surface area (Å²) in [4.78, 5) is 15.8. The monoisotopic (exact) mass is 261 g/mol. The third-order valence-corrected chi connectivity index (χ3v) is 3.70. The smallest absolute Gasteiger partial charge is 0.253 e. The van der Waals surface area contributed by atoms with Crippen molar-refractivity contribution >= 4 is 17.3 Å². The van der Waals surface area contributed by atoms with Crippen LogP contribution >= 0.6 is 0 Å². The Morgan fingerprint density at radius 1 is 1.37 bits per heavy atom. The molecule has 0 atom stereocenters. The summed E-state index contributed by atoms with van der Waals surface area (Å²) in [6.45, 7) is 6.58. The molecule has 0 saturated carbocycles. The first kappa shape index (κ1) is 13.7. The molecule has 0 unspecified atom stereocenters. The number of carbonyl (C=O) groups excluding carboxylic acids is 1. The zero-order chi connectivity index (χ0) is 14.2. The minimum atomic E-state index is -0.0139. The minimum absolute atomic E-state index is 0.0139. The van der Waals surface area contributed by atoms with Gasteiger partial charge >= 0.3 is 0 Å². The Balaban J connectivity index is 2.23. The van der Waals surface area contributed by atoms with Gasteiger partial charge in [-0.3, -0.25) is 4.79 Å². The van der Waals surface area contributed by atoms with Gasteiger partial charge in [0.15, 0.2) is 0 Å². The van der Waals surface area contributed by atoms with E-state index in [-0.39, 0.29) is 5.91 Å². The molecule has 2 N–H and O–H groups in total. The van der Waals surface area contributed by atoms with Crippen LogP contribution in [0.2, 0.25) is 0 Å². The number of benzene rings is 1. The van der Waals surface area contributed by atoms with E-state index in [1.165, 1.54) is 6.42 Å². The highest BCUT2D eigenvalue weighted by Gasteiger charge is 2.30. The number of nitrogen functional groups attached to an aromatic ring is 1. The first-order chi connectivity index (χ1) is 8.80. The molecule has 0 aliphatic carbocycles. The molecule has 0 spiro atoms. The average molecular weight is 261 g/mol. The van der Waals surface area contributed by atoms with Crippen LogP contribution in [0, 0.1) is 5.41 Å². The van der Waals surface area contributed by atoms with Crippen LogP contribution in [0.5, 0.6) is 0 Å². The van der Waals surface area contributed by atoms with Crippen molar-refractivity contribution in [2.24, 2.45) is 5.41 Å². The molecular weight excluding hydrogens is 238 g/mol. The van der Waals surface area contributed by atoms with Gasteiger partial charge in [-0.1, -0.05) is 13.8 Å². The highest BCUT2D eigenvalue weighted by atomic mass is 16.2. The molecule has 1 fully saturated rings. The molecule has 4 heteroatoms. The summed E-state index contributed by atoms with van der Waals surface area (Å²) >= 11 is 0. The Labute approximate surface area is 115 Å². The van der Waals surface area contributed by atoms with Crippen molar-refractivity contribution in [2.45, 2.75) is 20.3 Å². The van der Waals surface area contributed by atoms with Gasteiger partial charge in [0.25, 0.3) is 5.91 Å². The van der Waals surface area contributed by atoms with Crippen LogP contribution in [0.4, 0.5) is 11.4 Å². The van der Waals surface area contributed by atoms with Crippen LogP contribution in [0.3, 0.4) is 0 Å². The maximum Gasteiger partial charge on any atom is 0.253 e. The molecule has 1 aliphatic rings. The summed E-state index contributed by atoms with van der Waals surface area (Å²) in [6.07, 6.45) is 1.17. The van der Waals surface area contributed by atoms with Crippen LogP contribution in [-0.2, 0) is 0 Å². The Morgan fingerprint density at radius 2 is 2.05 bits per heavy atom. The molecular formula is C15H23N3O. The predicted octanol–water partition coefficient (Wildman–Crippen LogP) is 2.21. The summed E-state index contributed by atoms with van der Waals surface area (Å²) < 4.78 is 0. The van der Waals surface area contributed by atoms with Gasteiger partial charge in [-0.25, -0.2) is 0 Å². The van der Waals surface area contributed by atoms with Crippen molar-refractivity contribution in [3.8, 4) is 0 Å². The van der Waals surface area contributed by atoms with Gasteiger partial charge in [-0.05, 0) is 30.0 Å². The molecule has 1 amide bonds. The summed E-state index contributed by atoms with van der Waals surface area (Å²) in [7, 11) is 3.49. The van der Waals surface area contributed by atoms with Crippen molar-refractivity contribution in [3.05, 3.63) is 23.8 Å². The van der Waals surface area contributed by atoms with E-state index in [0.717, 1.165) is 18.8 Å². The fraction of sp³-hybridized carbons (Fsp3) is 0.533. The lowest BCUT2D eigenvalue weighted by atomic mass is 9.93. The van der Waals surface area contributed by atoms with Crippen molar-refractivity contribution in [1.82, 2.24) is 4.90 Å². The van der Waals surface area contributed by atoms with Crippen LogP contribution in [0.1, 0.15) is 30.6 Å². The Kier molecular flexibility index (Phi) is 3.43. The van der Waals surface area contributed by atoms with E-state index < -0.39 is 0 Å². The van der Waals surface area contributed by atoms with Gasteiger partial charge in [-0.2, -0.15) is 0 Å². The summed E-state index contributed by atoms with van der Waals surface area (Å²) in [5, 5.41) is 0. The molecule has 1 heterocycles. The Bertz CT molecular complexity index is 494. The van der Waals surface area contributed by atoms with Crippen LogP contribution in [-0.4, -0.2) is 38.0 Å². The molecule has 0 aromatic heterocycles. The average Bonchev–Trinajstić information content (AvgIpc) is 2.68. The van der Waals surface area contributed by atoms with E-state index in [9.17, 15) is 4.79 Å². The second-order valence-electron chi connectivity index (χ2n) is 6.31. The van der Waals surface area contributed by atoms with Gasteiger partial charge < -0.3 is 15.5 Å². The lowest BCUT2D eigenvalue weighted by molar-refractivity contribution is 0.0827.